The van der Waals surface area contributed by atoms with Gasteiger partial charge in [-0.1, -0.05) is 60.9 Å². The quantitative estimate of drug-likeness (QED) is 0.301. The van der Waals surface area contributed by atoms with Gasteiger partial charge in [0.1, 0.15) is 24.1 Å². The van der Waals surface area contributed by atoms with E-state index in [0.717, 1.165) is 41.1 Å². The number of carbonyl (C=O) groups is 2. The van der Waals surface area contributed by atoms with E-state index >= 15 is 0 Å². The lowest BCUT2D eigenvalue weighted by molar-refractivity contribution is -0.139. The molecule has 0 bridgehead atoms. The maximum Gasteiger partial charge on any atom is 0.264 e. The highest BCUT2D eigenvalue weighted by Crippen LogP contribution is 2.36. The lowest BCUT2D eigenvalue weighted by Crippen LogP contribution is -2.53. The van der Waals surface area contributed by atoms with Crippen LogP contribution in [0.1, 0.15) is 43.7 Å². The predicted octanol–water partition coefficient (Wildman–Crippen LogP) is 4.73. The van der Waals surface area contributed by atoms with E-state index in [-0.39, 0.29) is 34.8 Å². The second kappa shape index (κ2) is 14.4. The Morgan fingerprint density at radius 2 is 1.63 bits per heavy atom. The van der Waals surface area contributed by atoms with Crippen molar-refractivity contribution in [3.8, 4) is 11.5 Å². The topological polar surface area (TPSA) is 105 Å². The molecule has 10 heteroatoms. The van der Waals surface area contributed by atoms with E-state index in [1.54, 1.807) is 31.2 Å². The molecule has 1 atom stereocenters. The summed E-state index contributed by atoms with van der Waals surface area (Å²) < 4.78 is 40.3. The lowest BCUT2D eigenvalue weighted by Gasteiger charge is -2.33. The molecule has 0 radical (unpaired) electrons. The molecule has 1 fully saturated rings. The second-order valence-electron chi connectivity index (χ2n) is 10.9. The number of ether oxygens (including phenoxy) is 2. The van der Waals surface area contributed by atoms with E-state index in [1.807, 2.05) is 37.3 Å². The smallest absolute Gasteiger partial charge is 0.264 e. The summed E-state index contributed by atoms with van der Waals surface area (Å²) in [7, 11) is -1.33. The van der Waals surface area contributed by atoms with Gasteiger partial charge < -0.3 is 19.7 Å². The van der Waals surface area contributed by atoms with Gasteiger partial charge in [0.25, 0.3) is 10.0 Å². The average Bonchev–Trinajstić information content (AvgIpc) is 3.53. The number of nitrogens with one attached hydrogen (secondary N) is 1. The third-order valence-corrected chi connectivity index (χ3v) is 9.67. The maximum atomic E-state index is 14.2. The number of methoxy groups -OCH3 is 2. The van der Waals surface area contributed by atoms with Crippen LogP contribution in [0.25, 0.3) is 0 Å². The molecule has 0 aromatic heterocycles. The molecular weight excluding hydrogens is 566 g/mol. The molecule has 9 nitrogen and oxygen atoms in total. The molecule has 4 rings (SSSR count). The molecule has 3 aromatic carbocycles. The highest BCUT2D eigenvalue weighted by Gasteiger charge is 2.34. The van der Waals surface area contributed by atoms with Crippen LogP contribution in [0.3, 0.4) is 0 Å². The molecule has 1 unspecified atom stereocenters. The molecule has 3 aromatic rings. The molecule has 0 heterocycles. The van der Waals surface area contributed by atoms with E-state index in [2.05, 4.69) is 5.32 Å². The highest BCUT2D eigenvalue weighted by molar-refractivity contribution is 7.92. The Morgan fingerprint density at radius 3 is 2.26 bits per heavy atom. The van der Waals surface area contributed by atoms with Gasteiger partial charge in [0.15, 0.2) is 0 Å². The average molecular weight is 608 g/mol. The van der Waals surface area contributed by atoms with Gasteiger partial charge in [0, 0.05) is 18.7 Å². The number of benzene rings is 3. The second-order valence-corrected chi connectivity index (χ2v) is 12.7. The molecular formula is C33H41N3O6S. The molecule has 1 N–H and O–H groups in total. The number of rotatable bonds is 13. The van der Waals surface area contributed by atoms with Crippen LogP contribution in [-0.2, 0) is 26.0 Å². The number of nitrogens with zero attached hydrogens (tertiary/aromatic N) is 2. The fourth-order valence-corrected chi connectivity index (χ4v) is 6.72. The Hall–Kier alpha value is -4.05. The van der Waals surface area contributed by atoms with E-state index in [0.29, 0.717) is 12.2 Å². The number of amides is 2. The molecule has 2 amide bonds. The van der Waals surface area contributed by atoms with Gasteiger partial charge in [0.2, 0.25) is 11.8 Å². The molecule has 1 aliphatic carbocycles. The van der Waals surface area contributed by atoms with E-state index in [1.165, 1.54) is 37.3 Å². The lowest BCUT2D eigenvalue weighted by atomic mass is 10.1. The van der Waals surface area contributed by atoms with Crippen LogP contribution in [0, 0.1) is 6.92 Å². The van der Waals surface area contributed by atoms with Gasteiger partial charge in [-0.15, -0.1) is 0 Å². The first-order valence-corrected chi connectivity index (χ1v) is 16.0. The number of carbonyl (C=O) groups excluding carboxylic acids is 2. The van der Waals surface area contributed by atoms with Gasteiger partial charge in [-0.2, -0.15) is 0 Å². The number of sulfonamides is 1. The Labute approximate surface area is 254 Å². The van der Waals surface area contributed by atoms with Crippen molar-refractivity contribution < 1.29 is 27.5 Å². The van der Waals surface area contributed by atoms with Gasteiger partial charge in [-0.3, -0.25) is 13.9 Å². The largest absolute Gasteiger partial charge is 0.497 e. The summed E-state index contributed by atoms with van der Waals surface area (Å²) in [6, 6.07) is 20.2. The Balaban J connectivity index is 1.71. The summed E-state index contributed by atoms with van der Waals surface area (Å²) >= 11 is 0. The van der Waals surface area contributed by atoms with Crippen molar-refractivity contribution in [2.45, 2.75) is 62.9 Å². The molecule has 43 heavy (non-hydrogen) atoms. The molecule has 0 aliphatic heterocycles. The SMILES string of the molecule is COc1ccc(OC)c(N(CC(=O)N(CCc2ccccc2)C(C)C(=O)NC2CCCC2)S(=O)(=O)c2ccc(C)cc2)c1. The first-order valence-electron chi connectivity index (χ1n) is 14.6. The van der Waals surface area contributed by atoms with Crippen LogP contribution >= 0.6 is 0 Å². The molecule has 0 saturated heterocycles. The minimum Gasteiger partial charge on any atom is -0.497 e. The zero-order valence-corrected chi connectivity index (χ0v) is 26.1. The summed E-state index contributed by atoms with van der Waals surface area (Å²) in [4.78, 5) is 29.1. The van der Waals surface area contributed by atoms with Crippen molar-refractivity contribution in [1.29, 1.82) is 0 Å². The zero-order chi connectivity index (χ0) is 31.0. The molecule has 1 aliphatic rings. The summed E-state index contributed by atoms with van der Waals surface area (Å²) in [5, 5.41) is 3.09. The van der Waals surface area contributed by atoms with E-state index in [9.17, 15) is 18.0 Å². The molecule has 1 saturated carbocycles. The number of hydrogen-bond donors (Lipinski definition) is 1. The van der Waals surface area contributed by atoms with Crippen LogP contribution in [0.4, 0.5) is 5.69 Å². The van der Waals surface area contributed by atoms with Crippen molar-refractivity contribution in [3.63, 3.8) is 0 Å². The third kappa shape index (κ3) is 7.87. The van der Waals surface area contributed by atoms with Crippen molar-refractivity contribution >= 4 is 27.5 Å². The summed E-state index contributed by atoms with van der Waals surface area (Å²) in [6.45, 7) is 3.24. The number of aryl methyl sites for hydroxylation is 1. The minimum atomic E-state index is -4.24. The summed E-state index contributed by atoms with van der Waals surface area (Å²) in [5.74, 6) is -0.101. The van der Waals surface area contributed by atoms with Crippen LogP contribution in [0.2, 0.25) is 0 Å². The highest BCUT2D eigenvalue weighted by atomic mass is 32.2. The normalized spacial score (nSPS) is 14.1. The van der Waals surface area contributed by atoms with Crippen molar-refractivity contribution in [2.75, 3.05) is 31.6 Å². The Bertz CT molecular complexity index is 1490. The third-order valence-electron chi connectivity index (χ3n) is 7.90. The standard InChI is InChI=1S/C33H41N3O6S/c1-24-14-17-29(18-15-24)43(39,40)36(30-22-28(41-3)16-19-31(30)42-4)23-32(37)35(21-20-26-10-6-5-7-11-26)25(2)33(38)34-27-12-8-9-13-27/h5-7,10-11,14-19,22,25,27H,8-9,12-13,20-21,23H2,1-4H3,(H,34,38). The molecule has 230 valence electrons. The first-order chi connectivity index (χ1) is 20.6. The minimum absolute atomic E-state index is 0.0265. The fraction of sp³-hybridized carbons (Fsp3) is 0.394. The van der Waals surface area contributed by atoms with Crippen LogP contribution in [-0.4, -0.2) is 64.5 Å². The van der Waals surface area contributed by atoms with Gasteiger partial charge in [0.05, 0.1) is 24.8 Å². The van der Waals surface area contributed by atoms with Crippen molar-refractivity contribution in [3.05, 3.63) is 83.9 Å². The van der Waals surface area contributed by atoms with E-state index in [4.69, 9.17) is 9.47 Å². The fourth-order valence-electron chi connectivity index (χ4n) is 5.30. The van der Waals surface area contributed by atoms with Crippen molar-refractivity contribution in [1.82, 2.24) is 10.2 Å². The van der Waals surface area contributed by atoms with Gasteiger partial charge in [-0.25, -0.2) is 8.42 Å². The molecule has 0 spiro atoms. The summed E-state index contributed by atoms with van der Waals surface area (Å²) in [6.07, 6.45) is 4.44. The Kier molecular flexibility index (Phi) is 10.7. The maximum absolute atomic E-state index is 14.2. The Morgan fingerprint density at radius 1 is 0.953 bits per heavy atom. The van der Waals surface area contributed by atoms with Crippen LogP contribution < -0.4 is 19.1 Å². The number of hydrogen-bond acceptors (Lipinski definition) is 6. The monoisotopic (exact) mass is 607 g/mol. The van der Waals surface area contributed by atoms with Gasteiger partial charge in [-0.05, 0) is 62.9 Å². The van der Waals surface area contributed by atoms with Crippen LogP contribution in [0.5, 0.6) is 11.5 Å². The van der Waals surface area contributed by atoms with Crippen LogP contribution in [0.15, 0.2) is 77.7 Å². The first kappa shape index (κ1) is 31.9. The van der Waals surface area contributed by atoms with Crippen molar-refractivity contribution in [2.24, 2.45) is 0 Å². The zero-order valence-electron chi connectivity index (χ0n) is 25.3. The van der Waals surface area contributed by atoms with Gasteiger partial charge >= 0.3 is 0 Å². The summed E-state index contributed by atoms with van der Waals surface area (Å²) in [5.41, 5.74) is 2.05. The number of anilines is 1. The van der Waals surface area contributed by atoms with E-state index < -0.39 is 28.5 Å². The predicted molar refractivity (Wildman–Crippen MR) is 167 cm³/mol.